The Bertz CT molecular complexity index is 539. The molecular formula is C16H23N3O4. The van der Waals surface area contributed by atoms with Gasteiger partial charge in [-0.2, -0.15) is 0 Å². The van der Waals surface area contributed by atoms with Crippen molar-refractivity contribution in [1.82, 2.24) is 10.6 Å². The summed E-state index contributed by atoms with van der Waals surface area (Å²) in [6.45, 7) is 1.67. The minimum Gasteiger partial charge on any atom is -0.497 e. The van der Waals surface area contributed by atoms with Crippen molar-refractivity contribution in [2.75, 3.05) is 33.4 Å². The third kappa shape index (κ3) is 4.67. The van der Waals surface area contributed by atoms with E-state index in [4.69, 9.17) is 15.2 Å². The minimum absolute atomic E-state index is 0.195. The molecule has 126 valence electrons. The zero-order chi connectivity index (χ0) is 16.7. The molecule has 1 fully saturated rings. The van der Waals surface area contributed by atoms with Gasteiger partial charge in [0.15, 0.2) is 0 Å². The normalized spacial score (nSPS) is 16.4. The summed E-state index contributed by atoms with van der Waals surface area (Å²) in [5, 5.41) is 5.51. The van der Waals surface area contributed by atoms with Crippen molar-refractivity contribution in [3.63, 3.8) is 0 Å². The first kappa shape index (κ1) is 17.2. The molecule has 7 nitrogen and oxygen atoms in total. The average Bonchev–Trinajstić information content (AvgIpc) is 2.59. The molecule has 1 aliphatic rings. The summed E-state index contributed by atoms with van der Waals surface area (Å²) >= 11 is 0. The van der Waals surface area contributed by atoms with E-state index in [0.29, 0.717) is 50.5 Å². The molecule has 1 aliphatic heterocycles. The number of methoxy groups -OCH3 is 1. The van der Waals surface area contributed by atoms with Crippen molar-refractivity contribution in [3.8, 4) is 5.75 Å². The predicted octanol–water partition coefficient (Wildman–Crippen LogP) is 0.0491. The first-order valence-electron chi connectivity index (χ1n) is 7.62. The summed E-state index contributed by atoms with van der Waals surface area (Å²) in [4.78, 5) is 24.0. The molecule has 4 N–H and O–H groups in total. The number of rotatable bonds is 6. The summed E-state index contributed by atoms with van der Waals surface area (Å²) in [6.07, 6.45) is 1.02. The Morgan fingerprint density at radius 1 is 1.17 bits per heavy atom. The highest BCUT2D eigenvalue weighted by molar-refractivity contribution is 5.94. The fourth-order valence-electron chi connectivity index (χ4n) is 2.34. The van der Waals surface area contributed by atoms with E-state index in [1.54, 1.807) is 31.4 Å². The molecular weight excluding hydrogens is 298 g/mol. The molecule has 0 aromatic heterocycles. The fourth-order valence-corrected chi connectivity index (χ4v) is 2.34. The third-order valence-corrected chi connectivity index (χ3v) is 3.89. The monoisotopic (exact) mass is 321 g/mol. The van der Waals surface area contributed by atoms with Gasteiger partial charge in [-0.15, -0.1) is 0 Å². The Morgan fingerprint density at radius 3 is 2.39 bits per heavy atom. The Labute approximate surface area is 135 Å². The summed E-state index contributed by atoms with van der Waals surface area (Å²) < 4.78 is 10.3. The quantitative estimate of drug-likeness (QED) is 0.643. The Kier molecular flexibility index (Phi) is 5.95. The van der Waals surface area contributed by atoms with Gasteiger partial charge in [0.1, 0.15) is 5.75 Å². The molecule has 0 aliphatic carbocycles. The molecule has 1 saturated heterocycles. The van der Waals surface area contributed by atoms with E-state index >= 15 is 0 Å². The molecule has 0 atom stereocenters. The molecule has 1 aromatic rings. The predicted molar refractivity (Wildman–Crippen MR) is 85.3 cm³/mol. The molecule has 0 bridgehead atoms. The Hall–Kier alpha value is -2.12. The number of carbonyl (C=O) groups is 2. The van der Waals surface area contributed by atoms with Crippen LogP contribution in [0.25, 0.3) is 0 Å². The fraction of sp³-hybridized carbons (Fsp3) is 0.500. The number of nitrogens with one attached hydrogen (secondary N) is 2. The van der Waals surface area contributed by atoms with Crippen molar-refractivity contribution in [2.24, 2.45) is 5.73 Å². The second-order valence-electron chi connectivity index (χ2n) is 5.51. The van der Waals surface area contributed by atoms with E-state index in [0.717, 1.165) is 0 Å². The van der Waals surface area contributed by atoms with E-state index in [1.807, 2.05) is 0 Å². The van der Waals surface area contributed by atoms with Gasteiger partial charge >= 0.3 is 0 Å². The molecule has 0 unspecified atom stereocenters. The summed E-state index contributed by atoms with van der Waals surface area (Å²) in [6, 6.07) is 6.81. The number of carbonyl (C=O) groups excluding carboxylic acids is 2. The maximum Gasteiger partial charge on any atom is 0.251 e. The van der Waals surface area contributed by atoms with Crippen molar-refractivity contribution in [2.45, 2.75) is 18.4 Å². The molecule has 1 heterocycles. The van der Waals surface area contributed by atoms with Crippen LogP contribution in [0, 0.1) is 0 Å². The molecule has 0 radical (unpaired) electrons. The number of ether oxygens (including phenoxy) is 2. The second kappa shape index (κ2) is 7.94. The van der Waals surface area contributed by atoms with Gasteiger partial charge in [-0.25, -0.2) is 0 Å². The van der Waals surface area contributed by atoms with E-state index in [-0.39, 0.29) is 11.8 Å². The summed E-state index contributed by atoms with van der Waals surface area (Å²) in [5.41, 5.74) is 5.75. The van der Waals surface area contributed by atoms with Crippen LogP contribution in [0.5, 0.6) is 5.75 Å². The van der Waals surface area contributed by atoms with E-state index in [1.165, 1.54) is 0 Å². The van der Waals surface area contributed by atoms with Gasteiger partial charge in [0.25, 0.3) is 5.91 Å². The lowest BCUT2D eigenvalue weighted by Gasteiger charge is -2.31. The van der Waals surface area contributed by atoms with Crippen molar-refractivity contribution < 1.29 is 19.1 Å². The third-order valence-electron chi connectivity index (χ3n) is 3.89. The topological polar surface area (TPSA) is 103 Å². The largest absolute Gasteiger partial charge is 0.497 e. The van der Waals surface area contributed by atoms with Crippen LogP contribution in [0.1, 0.15) is 23.2 Å². The maximum absolute atomic E-state index is 12.1. The van der Waals surface area contributed by atoms with Crippen LogP contribution < -0.4 is 21.1 Å². The smallest absolute Gasteiger partial charge is 0.251 e. The zero-order valence-electron chi connectivity index (χ0n) is 13.3. The number of amides is 2. The SMILES string of the molecule is COc1ccc(C(=O)NCCNC(=O)C2(N)CCOCC2)cc1. The van der Waals surface area contributed by atoms with Crippen LogP contribution in [0.3, 0.4) is 0 Å². The number of hydrogen-bond donors (Lipinski definition) is 3. The highest BCUT2D eigenvalue weighted by atomic mass is 16.5. The van der Waals surface area contributed by atoms with Crippen LogP contribution in [-0.4, -0.2) is 50.8 Å². The van der Waals surface area contributed by atoms with Gasteiger partial charge in [0, 0.05) is 31.9 Å². The first-order chi connectivity index (χ1) is 11.0. The molecule has 0 spiro atoms. The molecule has 23 heavy (non-hydrogen) atoms. The van der Waals surface area contributed by atoms with Crippen LogP contribution in [0.2, 0.25) is 0 Å². The standard InChI is InChI=1S/C16H23N3O4/c1-22-13-4-2-12(3-5-13)14(20)18-8-9-19-15(21)16(17)6-10-23-11-7-16/h2-5H,6-11,17H2,1H3,(H,18,20)(H,19,21). The minimum atomic E-state index is -0.863. The van der Waals surface area contributed by atoms with E-state index < -0.39 is 5.54 Å². The zero-order valence-corrected chi connectivity index (χ0v) is 13.3. The lowest BCUT2D eigenvalue weighted by molar-refractivity contribution is -0.129. The first-order valence-corrected chi connectivity index (χ1v) is 7.62. The van der Waals surface area contributed by atoms with Crippen LogP contribution >= 0.6 is 0 Å². The second-order valence-corrected chi connectivity index (χ2v) is 5.51. The molecule has 0 saturated carbocycles. The van der Waals surface area contributed by atoms with E-state index in [9.17, 15) is 9.59 Å². The van der Waals surface area contributed by atoms with Crippen molar-refractivity contribution >= 4 is 11.8 Å². The number of hydrogen-bond acceptors (Lipinski definition) is 5. The van der Waals surface area contributed by atoms with Gasteiger partial charge in [-0.3, -0.25) is 9.59 Å². The van der Waals surface area contributed by atoms with Gasteiger partial charge in [0.05, 0.1) is 12.6 Å². The molecule has 7 heteroatoms. The lowest BCUT2D eigenvalue weighted by atomic mass is 9.90. The summed E-state index contributed by atoms with van der Waals surface area (Å²) in [5.74, 6) is 0.299. The van der Waals surface area contributed by atoms with Crippen molar-refractivity contribution in [1.29, 1.82) is 0 Å². The van der Waals surface area contributed by atoms with Crippen molar-refractivity contribution in [3.05, 3.63) is 29.8 Å². The van der Waals surface area contributed by atoms with Gasteiger partial charge in [-0.1, -0.05) is 0 Å². The van der Waals surface area contributed by atoms with Gasteiger partial charge < -0.3 is 25.8 Å². The van der Waals surface area contributed by atoms with Crippen LogP contribution in [0.4, 0.5) is 0 Å². The lowest BCUT2D eigenvalue weighted by Crippen LogP contribution is -2.57. The molecule has 2 rings (SSSR count). The van der Waals surface area contributed by atoms with Gasteiger partial charge in [-0.05, 0) is 37.1 Å². The number of nitrogens with two attached hydrogens (primary N) is 1. The Balaban J connectivity index is 1.71. The average molecular weight is 321 g/mol. The highest BCUT2D eigenvalue weighted by Gasteiger charge is 2.35. The Morgan fingerprint density at radius 2 is 1.78 bits per heavy atom. The van der Waals surface area contributed by atoms with E-state index in [2.05, 4.69) is 10.6 Å². The highest BCUT2D eigenvalue weighted by Crippen LogP contribution is 2.17. The summed E-state index contributed by atoms with van der Waals surface area (Å²) in [7, 11) is 1.57. The van der Waals surface area contributed by atoms with Crippen LogP contribution in [0.15, 0.2) is 24.3 Å². The molecule has 2 amide bonds. The van der Waals surface area contributed by atoms with Gasteiger partial charge in [0.2, 0.25) is 5.91 Å². The maximum atomic E-state index is 12.1. The number of benzene rings is 1. The molecule has 1 aromatic carbocycles. The van der Waals surface area contributed by atoms with Crippen LogP contribution in [-0.2, 0) is 9.53 Å².